The molecule has 1 aliphatic rings. The number of hydrogen-bond acceptors (Lipinski definition) is 3. The number of benzene rings is 2. The molecule has 0 saturated heterocycles. The average molecular weight is 264 g/mol. The van der Waals surface area contributed by atoms with Crippen molar-refractivity contribution in [1.82, 2.24) is 10.2 Å². The second-order valence-corrected chi connectivity index (χ2v) is 5.38. The van der Waals surface area contributed by atoms with Gasteiger partial charge in [-0.15, -0.1) is 0 Å². The lowest BCUT2D eigenvalue weighted by molar-refractivity contribution is 0.636. The van der Waals surface area contributed by atoms with Crippen LogP contribution in [0.25, 0.3) is 10.9 Å². The van der Waals surface area contributed by atoms with Gasteiger partial charge >= 0.3 is 0 Å². The summed E-state index contributed by atoms with van der Waals surface area (Å²) in [4.78, 5) is 0. The Balaban J connectivity index is 1.53. The van der Waals surface area contributed by atoms with Gasteiger partial charge in [-0.25, -0.2) is 0 Å². The summed E-state index contributed by atoms with van der Waals surface area (Å²) < 4.78 is 0. The van der Waals surface area contributed by atoms with E-state index in [1.165, 1.54) is 11.1 Å². The zero-order chi connectivity index (χ0) is 13.5. The van der Waals surface area contributed by atoms with E-state index in [0.717, 1.165) is 35.2 Å². The third kappa shape index (κ3) is 1.72. The lowest BCUT2D eigenvalue weighted by atomic mass is 9.77. The van der Waals surface area contributed by atoms with Gasteiger partial charge in [0.05, 0.1) is 23.1 Å². The van der Waals surface area contributed by atoms with Crippen molar-refractivity contribution in [2.75, 3.05) is 17.6 Å². The molecule has 20 heavy (non-hydrogen) atoms. The fourth-order valence-corrected chi connectivity index (χ4v) is 2.94. The standard InChI is InChI=1S/C16H16N4/c17-14-6-12-9-19-20-15(12)7-16(14)18-8-11-5-10-3-1-2-4-13(10)11/h1-4,6-7,9,11,18H,5,8,17H2,(H,19,20). The van der Waals surface area contributed by atoms with Crippen LogP contribution in [0.4, 0.5) is 11.4 Å². The van der Waals surface area contributed by atoms with E-state index in [4.69, 9.17) is 5.73 Å². The summed E-state index contributed by atoms with van der Waals surface area (Å²) in [7, 11) is 0. The van der Waals surface area contributed by atoms with E-state index in [2.05, 4.69) is 39.8 Å². The van der Waals surface area contributed by atoms with Crippen LogP contribution >= 0.6 is 0 Å². The molecule has 0 radical (unpaired) electrons. The predicted octanol–water partition coefficient (Wildman–Crippen LogP) is 2.90. The number of hydrogen-bond donors (Lipinski definition) is 3. The summed E-state index contributed by atoms with van der Waals surface area (Å²) in [6, 6.07) is 12.6. The summed E-state index contributed by atoms with van der Waals surface area (Å²) in [6.07, 6.45) is 2.94. The summed E-state index contributed by atoms with van der Waals surface area (Å²) in [5.41, 5.74) is 11.8. The largest absolute Gasteiger partial charge is 0.397 e. The van der Waals surface area contributed by atoms with Crippen molar-refractivity contribution in [3.05, 3.63) is 53.7 Å². The molecule has 1 unspecified atom stereocenters. The van der Waals surface area contributed by atoms with Crippen molar-refractivity contribution in [3.8, 4) is 0 Å². The Kier molecular flexibility index (Phi) is 2.42. The van der Waals surface area contributed by atoms with Gasteiger partial charge in [-0.1, -0.05) is 24.3 Å². The Morgan fingerprint density at radius 2 is 2.20 bits per heavy atom. The monoisotopic (exact) mass is 264 g/mol. The number of H-pyrrole nitrogens is 1. The first-order valence-corrected chi connectivity index (χ1v) is 6.85. The number of nitrogen functional groups attached to an aromatic ring is 1. The zero-order valence-electron chi connectivity index (χ0n) is 11.1. The summed E-state index contributed by atoms with van der Waals surface area (Å²) in [5.74, 6) is 0.586. The van der Waals surface area contributed by atoms with Crippen LogP contribution in [-0.2, 0) is 6.42 Å². The number of nitrogens with two attached hydrogens (primary N) is 1. The highest BCUT2D eigenvalue weighted by Gasteiger charge is 2.24. The number of fused-ring (bicyclic) bond motifs is 2. The molecule has 4 nitrogen and oxygen atoms in total. The van der Waals surface area contributed by atoms with Crippen LogP contribution in [0.5, 0.6) is 0 Å². The summed E-state index contributed by atoms with van der Waals surface area (Å²) in [6.45, 7) is 0.918. The van der Waals surface area contributed by atoms with Crippen LogP contribution in [0, 0.1) is 0 Å². The number of aromatic nitrogens is 2. The molecule has 0 fully saturated rings. The number of nitrogens with one attached hydrogen (secondary N) is 2. The number of rotatable bonds is 3. The van der Waals surface area contributed by atoms with Gasteiger partial charge in [0.1, 0.15) is 0 Å². The van der Waals surface area contributed by atoms with Crippen molar-refractivity contribution in [2.24, 2.45) is 0 Å². The van der Waals surface area contributed by atoms with Gasteiger partial charge in [-0.2, -0.15) is 5.10 Å². The molecule has 0 spiro atoms. The third-order valence-electron chi connectivity index (χ3n) is 4.11. The average Bonchev–Trinajstić information content (AvgIpc) is 2.87. The lowest BCUT2D eigenvalue weighted by Gasteiger charge is -2.30. The molecule has 1 aromatic heterocycles. The molecule has 4 N–H and O–H groups in total. The molecule has 0 amide bonds. The van der Waals surface area contributed by atoms with Gasteiger partial charge in [0.15, 0.2) is 0 Å². The third-order valence-corrected chi connectivity index (χ3v) is 4.11. The highest BCUT2D eigenvalue weighted by Crippen LogP contribution is 2.35. The minimum absolute atomic E-state index is 0.586. The van der Waals surface area contributed by atoms with Crippen molar-refractivity contribution >= 4 is 22.3 Å². The second kappa shape index (κ2) is 4.27. The van der Waals surface area contributed by atoms with E-state index >= 15 is 0 Å². The smallest absolute Gasteiger partial charge is 0.0672 e. The molecule has 4 rings (SSSR count). The van der Waals surface area contributed by atoms with E-state index in [1.54, 1.807) is 6.20 Å². The van der Waals surface area contributed by atoms with Gasteiger partial charge in [-0.3, -0.25) is 5.10 Å². The highest BCUT2D eigenvalue weighted by atomic mass is 15.1. The van der Waals surface area contributed by atoms with E-state index in [-0.39, 0.29) is 0 Å². The van der Waals surface area contributed by atoms with Crippen molar-refractivity contribution in [3.63, 3.8) is 0 Å². The minimum atomic E-state index is 0.586. The molecule has 4 heteroatoms. The maximum atomic E-state index is 6.08. The van der Waals surface area contributed by atoms with Crippen molar-refractivity contribution in [1.29, 1.82) is 0 Å². The van der Waals surface area contributed by atoms with E-state index < -0.39 is 0 Å². The summed E-state index contributed by atoms with van der Waals surface area (Å²) >= 11 is 0. The number of anilines is 2. The van der Waals surface area contributed by atoms with Crippen molar-refractivity contribution in [2.45, 2.75) is 12.3 Å². The highest BCUT2D eigenvalue weighted by molar-refractivity contribution is 5.88. The molecule has 100 valence electrons. The molecule has 0 bridgehead atoms. The molecule has 1 atom stereocenters. The first-order valence-electron chi connectivity index (χ1n) is 6.85. The van der Waals surface area contributed by atoms with Crippen LogP contribution in [-0.4, -0.2) is 16.7 Å². The van der Waals surface area contributed by atoms with Crippen LogP contribution in [0.1, 0.15) is 17.0 Å². The van der Waals surface area contributed by atoms with Gasteiger partial charge in [-0.05, 0) is 29.7 Å². The normalized spacial score (nSPS) is 16.7. The van der Waals surface area contributed by atoms with E-state index in [1.807, 2.05) is 12.1 Å². The maximum Gasteiger partial charge on any atom is 0.0672 e. The SMILES string of the molecule is Nc1cc2cn[nH]c2cc1NCC1Cc2ccccc21. The molecule has 0 aliphatic heterocycles. The quantitative estimate of drug-likeness (QED) is 0.637. The topological polar surface area (TPSA) is 66.7 Å². The van der Waals surface area contributed by atoms with Crippen LogP contribution in [0.3, 0.4) is 0 Å². The van der Waals surface area contributed by atoms with Gasteiger partial charge < -0.3 is 11.1 Å². The van der Waals surface area contributed by atoms with Gasteiger partial charge in [0, 0.05) is 17.8 Å². The fourth-order valence-electron chi connectivity index (χ4n) is 2.94. The first-order chi connectivity index (χ1) is 9.81. The Bertz CT molecular complexity index is 775. The number of nitrogens with zero attached hydrogens (tertiary/aromatic N) is 1. The Hall–Kier alpha value is -2.49. The van der Waals surface area contributed by atoms with E-state index in [9.17, 15) is 0 Å². The van der Waals surface area contributed by atoms with Crippen LogP contribution < -0.4 is 11.1 Å². The Morgan fingerprint density at radius 3 is 3.10 bits per heavy atom. The van der Waals surface area contributed by atoms with Crippen LogP contribution in [0.2, 0.25) is 0 Å². The van der Waals surface area contributed by atoms with E-state index in [0.29, 0.717) is 5.92 Å². The zero-order valence-corrected chi connectivity index (χ0v) is 11.1. The van der Waals surface area contributed by atoms with Crippen molar-refractivity contribution < 1.29 is 0 Å². The lowest BCUT2D eigenvalue weighted by Crippen LogP contribution is -2.24. The number of aromatic amines is 1. The molecule has 1 heterocycles. The maximum absolute atomic E-state index is 6.08. The molecule has 0 saturated carbocycles. The molecular weight excluding hydrogens is 248 g/mol. The van der Waals surface area contributed by atoms with Crippen LogP contribution in [0.15, 0.2) is 42.6 Å². The summed E-state index contributed by atoms with van der Waals surface area (Å²) in [5, 5.41) is 11.5. The first kappa shape index (κ1) is 11.3. The molecular formula is C16H16N4. The fraction of sp³-hybridized carbons (Fsp3) is 0.188. The predicted molar refractivity (Wildman–Crippen MR) is 81.9 cm³/mol. The molecule has 1 aliphatic carbocycles. The van der Waals surface area contributed by atoms with Gasteiger partial charge in [0.2, 0.25) is 0 Å². The Labute approximate surface area is 117 Å². The Morgan fingerprint density at radius 1 is 1.30 bits per heavy atom. The van der Waals surface area contributed by atoms with Gasteiger partial charge in [0.25, 0.3) is 0 Å². The molecule has 3 aromatic rings. The minimum Gasteiger partial charge on any atom is -0.397 e. The molecule has 2 aromatic carbocycles. The second-order valence-electron chi connectivity index (χ2n) is 5.38.